The van der Waals surface area contributed by atoms with Crippen molar-refractivity contribution in [2.45, 2.75) is 6.42 Å². The van der Waals surface area contributed by atoms with Crippen molar-refractivity contribution in [1.82, 2.24) is 9.99 Å². The monoisotopic (exact) mass is 538 g/mol. The Bertz CT molecular complexity index is 1500. The van der Waals surface area contributed by atoms with Crippen molar-refractivity contribution < 1.29 is 28.2 Å². The van der Waals surface area contributed by atoms with Crippen molar-refractivity contribution in [3.63, 3.8) is 0 Å². The molecule has 0 aliphatic heterocycles. The number of halogens is 2. The van der Waals surface area contributed by atoms with Crippen LogP contribution in [-0.4, -0.2) is 43.2 Å². The molecule has 0 aliphatic rings. The standard InChI is InChI=1S/C27H24ClFN4O5/c1-37-23-10-3-16(13-24(23)38-2)11-12-30-26(35)27(36)32-33-21-9-4-18(28)14-17(21)15-22(33)25(34)31-20-7-5-19(29)6-8-20/h3-10,13-15H,11-12H2,1-2H3,(H,30,35)(H,31,34)(H,32,36). The number of carbonyl (C=O) groups is 3. The van der Waals surface area contributed by atoms with Gasteiger partial charge >= 0.3 is 11.8 Å². The number of ether oxygens (including phenoxy) is 2. The minimum Gasteiger partial charge on any atom is -0.493 e. The van der Waals surface area contributed by atoms with Gasteiger partial charge in [0.05, 0.1) is 19.7 Å². The molecule has 3 amide bonds. The van der Waals surface area contributed by atoms with Gasteiger partial charge in [0.1, 0.15) is 11.5 Å². The first-order valence-electron chi connectivity index (χ1n) is 11.5. The number of methoxy groups -OCH3 is 2. The van der Waals surface area contributed by atoms with Crippen LogP contribution in [0.3, 0.4) is 0 Å². The molecular formula is C27H24ClFN4O5. The Hall–Kier alpha value is -4.57. The number of benzene rings is 3. The number of amides is 3. The summed E-state index contributed by atoms with van der Waals surface area (Å²) in [4.78, 5) is 38.3. The largest absolute Gasteiger partial charge is 0.493 e. The summed E-state index contributed by atoms with van der Waals surface area (Å²) in [7, 11) is 3.07. The second-order valence-corrected chi connectivity index (χ2v) is 8.60. The normalized spacial score (nSPS) is 10.6. The van der Waals surface area contributed by atoms with Gasteiger partial charge in [0, 0.05) is 22.6 Å². The molecule has 0 radical (unpaired) electrons. The Morgan fingerprint density at radius 1 is 0.895 bits per heavy atom. The van der Waals surface area contributed by atoms with Crippen LogP contribution in [0.15, 0.2) is 66.7 Å². The molecule has 3 N–H and O–H groups in total. The van der Waals surface area contributed by atoms with Gasteiger partial charge in [0.2, 0.25) is 0 Å². The highest BCUT2D eigenvalue weighted by Crippen LogP contribution is 2.27. The molecule has 0 atom stereocenters. The fourth-order valence-corrected chi connectivity index (χ4v) is 3.97. The zero-order valence-corrected chi connectivity index (χ0v) is 21.3. The topological polar surface area (TPSA) is 111 Å². The zero-order valence-electron chi connectivity index (χ0n) is 20.5. The van der Waals surface area contributed by atoms with E-state index in [1.165, 1.54) is 49.2 Å². The molecule has 1 heterocycles. The van der Waals surface area contributed by atoms with Crippen molar-refractivity contribution >= 4 is 45.9 Å². The molecule has 0 unspecified atom stereocenters. The third-order valence-corrected chi connectivity index (χ3v) is 5.90. The summed E-state index contributed by atoms with van der Waals surface area (Å²) in [5, 5.41) is 6.21. The molecule has 4 rings (SSSR count). The van der Waals surface area contributed by atoms with Crippen LogP contribution >= 0.6 is 11.6 Å². The lowest BCUT2D eigenvalue weighted by molar-refractivity contribution is -0.136. The second kappa shape index (κ2) is 11.7. The number of aromatic nitrogens is 1. The molecular weight excluding hydrogens is 515 g/mol. The number of rotatable bonds is 8. The van der Waals surface area contributed by atoms with E-state index in [1.807, 2.05) is 6.07 Å². The maximum atomic E-state index is 13.2. The third-order valence-electron chi connectivity index (χ3n) is 5.67. The molecule has 3 aromatic carbocycles. The highest BCUT2D eigenvalue weighted by molar-refractivity contribution is 6.38. The van der Waals surface area contributed by atoms with E-state index in [4.69, 9.17) is 21.1 Å². The van der Waals surface area contributed by atoms with Crippen LogP contribution in [0.4, 0.5) is 10.1 Å². The summed E-state index contributed by atoms with van der Waals surface area (Å²) >= 11 is 6.09. The van der Waals surface area contributed by atoms with Gasteiger partial charge in [0.25, 0.3) is 5.91 Å². The minimum absolute atomic E-state index is 0.0399. The Morgan fingerprint density at radius 2 is 1.63 bits per heavy atom. The number of nitrogens with one attached hydrogen (secondary N) is 3. The smallest absolute Gasteiger partial charge is 0.328 e. The van der Waals surface area contributed by atoms with E-state index in [9.17, 15) is 18.8 Å². The molecule has 0 spiro atoms. The first-order chi connectivity index (χ1) is 18.3. The Labute approximate surface area is 222 Å². The van der Waals surface area contributed by atoms with Crippen molar-refractivity contribution in [1.29, 1.82) is 0 Å². The average molecular weight is 539 g/mol. The lowest BCUT2D eigenvalue weighted by Gasteiger charge is -2.13. The van der Waals surface area contributed by atoms with Gasteiger partial charge in [-0.15, -0.1) is 0 Å². The summed E-state index contributed by atoms with van der Waals surface area (Å²) in [5.74, 6) is -1.75. The van der Waals surface area contributed by atoms with Gasteiger partial charge in [-0.1, -0.05) is 17.7 Å². The van der Waals surface area contributed by atoms with Crippen LogP contribution in [0.5, 0.6) is 11.5 Å². The van der Waals surface area contributed by atoms with Crippen molar-refractivity contribution in [2.75, 3.05) is 31.5 Å². The highest BCUT2D eigenvalue weighted by atomic mass is 35.5. The first-order valence-corrected chi connectivity index (χ1v) is 11.8. The molecule has 0 saturated heterocycles. The molecule has 0 fully saturated rings. The SMILES string of the molecule is COc1ccc(CCNC(=O)C(=O)Nn2c(C(=O)Nc3ccc(F)cc3)cc3cc(Cl)ccc32)cc1OC. The average Bonchev–Trinajstić information content (AvgIpc) is 3.26. The van der Waals surface area contributed by atoms with Crippen LogP contribution in [0.25, 0.3) is 10.9 Å². The molecule has 11 heteroatoms. The quantitative estimate of drug-likeness (QED) is 0.292. The second-order valence-electron chi connectivity index (χ2n) is 8.17. The van der Waals surface area contributed by atoms with Gasteiger partial charge in [-0.05, 0) is 72.6 Å². The molecule has 0 saturated carbocycles. The van der Waals surface area contributed by atoms with Gasteiger partial charge in [-0.25, -0.2) is 9.07 Å². The number of carbonyl (C=O) groups excluding carboxylic acids is 3. The Kier molecular flexibility index (Phi) is 8.12. The molecule has 4 aromatic rings. The van der Waals surface area contributed by atoms with Crippen LogP contribution in [0, 0.1) is 5.82 Å². The van der Waals surface area contributed by atoms with Gasteiger partial charge < -0.3 is 20.1 Å². The molecule has 1 aromatic heterocycles. The van der Waals surface area contributed by atoms with Crippen molar-refractivity contribution in [2.24, 2.45) is 0 Å². The van der Waals surface area contributed by atoms with Crippen LogP contribution in [0.2, 0.25) is 5.02 Å². The number of hydrogen-bond donors (Lipinski definition) is 3. The molecule has 196 valence electrons. The summed E-state index contributed by atoms with van der Waals surface area (Å²) in [5.41, 5.74) is 4.19. The highest BCUT2D eigenvalue weighted by Gasteiger charge is 2.21. The fraction of sp³-hybridized carbons (Fsp3) is 0.148. The van der Waals surface area contributed by atoms with E-state index in [0.717, 1.165) is 5.56 Å². The van der Waals surface area contributed by atoms with Crippen LogP contribution in [-0.2, 0) is 16.0 Å². The van der Waals surface area contributed by atoms with E-state index in [2.05, 4.69) is 16.1 Å². The zero-order chi connectivity index (χ0) is 27.2. The molecule has 0 aliphatic carbocycles. The number of anilines is 1. The lowest BCUT2D eigenvalue weighted by Crippen LogP contribution is -2.40. The fourth-order valence-electron chi connectivity index (χ4n) is 3.79. The molecule has 0 bridgehead atoms. The number of hydrogen-bond acceptors (Lipinski definition) is 5. The van der Waals surface area contributed by atoms with Crippen molar-refractivity contribution in [3.8, 4) is 11.5 Å². The van der Waals surface area contributed by atoms with E-state index in [0.29, 0.717) is 39.5 Å². The summed E-state index contributed by atoms with van der Waals surface area (Å²) in [6, 6.07) is 16.9. The predicted molar refractivity (Wildman–Crippen MR) is 142 cm³/mol. The van der Waals surface area contributed by atoms with Crippen molar-refractivity contribution in [3.05, 3.63) is 88.8 Å². The first kappa shape index (κ1) is 26.5. The van der Waals surface area contributed by atoms with E-state index < -0.39 is 23.5 Å². The summed E-state index contributed by atoms with van der Waals surface area (Å²) in [6.07, 6.45) is 0.440. The van der Waals surface area contributed by atoms with E-state index >= 15 is 0 Å². The van der Waals surface area contributed by atoms with Crippen LogP contribution < -0.4 is 25.5 Å². The van der Waals surface area contributed by atoms with Gasteiger partial charge in [-0.2, -0.15) is 0 Å². The number of fused-ring (bicyclic) bond motifs is 1. The minimum atomic E-state index is -0.972. The third kappa shape index (κ3) is 6.04. The summed E-state index contributed by atoms with van der Waals surface area (Å²) in [6.45, 7) is 0.182. The van der Waals surface area contributed by atoms with Gasteiger partial charge in [0.15, 0.2) is 11.5 Å². The Morgan fingerprint density at radius 3 is 2.34 bits per heavy atom. The van der Waals surface area contributed by atoms with Crippen LogP contribution in [0.1, 0.15) is 16.1 Å². The Balaban J connectivity index is 1.47. The molecule has 38 heavy (non-hydrogen) atoms. The van der Waals surface area contributed by atoms with E-state index in [-0.39, 0.29) is 12.2 Å². The maximum absolute atomic E-state index is 13.2. The van der Waals surface area contributed by atoms with Gasteiger partial charge in [-0.3, -0.25) is 19.8 Å². The molecule has 9 nitrogen and oxygen atoms in total. The van der Waals surface area contributed by atoms with E-state index in [1.54, 1.807) is 30.3 Å². The predicted octanol–water partition coefficient (Wildman–Crippen LogP) is 4.13. The number of nitrogens with zero attached hydrogens (tertiary/aromatic N) is 1. The lowest BCUT2D eigenvalue weighted by atomic mass is 10.1. The summed E-state index contributed by atoms with van der Waals surface area (Å²) < 4.78 is 24.9. The maximum Gasteiger partial charge on any atom is 0.328 e.